The van der Waals surface area contributed by atoms with E-state index in [2.05, 4.69) is 0 Å². The maximum absolute atomic E-state index is 14.5. The van der Waals surface area contributed by atoms with Crippen molar-refractivity contribution in [2.75, 3.05) is 7.11 Å². The van der Waals surface area contributed by atoms with Crippen LogP contribution in [0.1, 0.15) is 47.3 Å². The molecule has 8 heteroatoms. The summed E-state index contributed by atoms with van der Waals surface area (Å²) in [6.07, 6.45) is 4.80. The van der Waals surface area contributed by atoms with Crippen LogP contribution in [0.25, 0.3) is 21.2 Å². The lowest BCUT2D eigenvalue weighted by Crippen LogP contribution is -2.40. The monoisotopic (exact) mass is 541 g/mol. The van der Waals surface area contributed by atoms with Gasteiger partial charge in [0.05, 0.1) is 22.2 Å². The highest BCUT2D eigenvalue weighted by Crippen LogP contribution is 2.40. The molecule has 5 rings (SSSR count). The van der Waals surface area contributed by atoms with Gasteiger partial charge in [-0.1, -0.05) is 49.1 Å². The molecule has 1 amide bonds. The molecule has 1 aromatic heterocycles. The first-order chi connectivity index (χ1) is 17.9. The Morgan fingerprint density at radius 1 is 1.03 bits per heavy atom. The molecule has 1 N–H and O–H groups in total. The summed E-state index contributed by atoms with van der Waals surface area (Å²) >= 11 is 7.40. The van der Waals surface area contributed by atoms with Gasteiger partial charge in [0.2, 0.25) is 0 Å². The number of phenolic OH excluding ortho intramolecular Hbond substituents is 1. The number of rotatable bonds is 6. The molecule has 192 valence electrons. The van der Waals surface area contributed by atoms with Gasteiger partial charge in [0.1, 0.15) is 28.0 Å². The smallest absolute Gasteiger partial charge is 0.266 e. The number of hydrogen-bond acceptors (Lipinski definition) is 4. The fourth-order valence-corrected chi connectivity index (χ4v) is 6.55. The van der Waals surface area contributed by atoms with Crippen LogP contribution in [0, 0.1) is 11.6 Å². The highest BCUT2D eigenvalue weighted by Gasteiger charge is 2.31. The summed E-state index contributed by atoms with van der Waals surface area (Å²) in [4.78, 5) is 15.9. The summed E-state index contributed by atoms with van der Waals surface area (Å²) in [5.74, 6) is -0.775. The quantitative estimate of drug-likeness (QED) is 0.268. The molecule has 0 spiro atoms. The molecule has 0 bridgehead atoms. The van der Waals surface area contributed by atoms with Crippen molar-refractivity contribution in [3.63, 3.8) is 0 Å². The van der Waals surface area contributed by atoms with Crippen molar-refractivity contribution >= 4 is 38.9 Å². The van der Waals surface area contributed by atoms with Crippen LogP contribution in [0.2, 0.25) is 5.02 Å². The van der Waals surface area contributed by atoms with Gasteiger partial charge in [0.15, 0.2) is 0 Å². The maximum Gasteiger partial charge on any atom is 0.266 e. The molecule has 0 aliphatic heterocycles. The van der Waals surface area contributed by atoms with Crippen LogP contribution < -0.4 is 4.74 Å². The lowest BCUT2D eigenvalue weighted by atomic mass is 9.93. The van der Waals surface area contributed by atoms with E-state index in [0.717, 1.165) is 72.3 Å². The van der Waals surface area contributed by atoms with Crippen molar-refractivity contribution in [2.24, 2.45) is 0 Å². The summed E-state index contributed by atoms with van der Waals surface area (Å²) in [5, 5.41) is 9.56. The van der Waals surface area contributed by atoms with Gasteiger partial charge in [-0.2, -0.15) is 0 Å². The predicted molar refractivity (Wildman–Crippen MR) is 144 cm³/mol. The fourth-order valence-electron chi connectivity index (χ4n) is 5.04. The van der Waals surface area contributed by atoms with Crippen LogP contribution in [0.4, 0.5) is 8.78 Å². The number of aromatic hydroxyl groups is 1. The molecule has 0 unspecified atom stereocenters. The van der Waals surface area contributed by atoms with E-state index in [1.807, 2.05) is 30.3 Å². The second-order valence-electron chi connectivity index (χ2n) is 9.28. The fraction of sp³-hybridized carbons (Fsp3) is 0.276. The molecule has 1 aliphatic rings. The van der Waals surface area contributed by atoms with Crippen molar-refractivity contribution in [3.8, 4) is 22.6 Å². The third-order valence-corrected chi connectivity index (χ3v) is 8.65. The van der Waals surface area contributed by atoms with E-state index in [0.29, 0.717) is 5.75 Å². The van der Waals surface area contributed by atoms with Gasteiger partial charge >= 0.3 is 0 Å². The summed E-state index contributed by atoms with van der Waals surface area (Å²) in [7, 11) is 1.58. The molecular formula is C29H26ClF2NO3S. The molecule has 4 aromatic rings. The van der Waals surface area contributed by atoms with Crippen LogP contribution in [0.3, 0.4) is 0 Å². The Bertz CT molecular complexity index is 1450. The lowest BCUT2D eigenvalue weighted by molar-refractivity contribution is 0.0618. The van der Waals surface area contributed by atoms with Crippen molar-refractivity contribution in [1.82, 2.24) is 4.90 Å². The van der Waals surface area contributed by atoms with Gasteiger partial charge < -0.3 is 14.7 Å². The van der Waals surface area contributed by atoms with E-state index in [4.69, 9.17) is 16.3 Å². The number of fused-ring (bicyclic) bond motifs is 1. The highest BCUT2D eigenvalue weighted by molar-refractivity contribution is 7.21. The second-order valence-corrected chi connectivity index (χ2v) is 10.7. The first-order valence-corrected chi connectivity index (χ1v) is 13.4. The molecule has 1 aliphatic carbocycles. The van der Waals surface area contributed by atoms with E-state index in [9.17, 15) is 18.7 Å². The molecule has 1 fully saturated rings. The van der Waals surface area contributed by atoms with Gasteiger partial charge in [-0.3, -0.25) is 4.79 Å². The van der Waals surface area contributed by atoms with E-state index in [1.165, 1.54) is 0 Å². The van der Waals surface area contributed by atoms with Crippen LogP contribution in [0.15, 0.2) is 54.6 Å². The van der Waals surface area contributed by atoms with E-state index >= 15 is 0 Å². The number of halogens is 3. The molecule has 0 atom stereocenters. The van der Waals surface area contributed by atoms with Crippen molar-refractivity contribution in [2.45, 2.75) is 44.7 Å². The number of nitrogens with zero attached hydrogens (tertiary/aromatic N) is 1. The normalized spacial score (nSPS) is 14.2. The Balaban J connectivity index is 1.56. The number of amides is 1. The summed E-state index contributed by atoms with van der Waals surface area (Å²) in [6.45, 7) is 0.258. The van der Waals surface area contributed by atoms with E-state index < -0.39 is 11.6 Å². The standard InChI is InChI=1S/C29H26ClF2NO3S/c1-36-24-14-9-18(17-7-10-21(34)11-8-17)15-19(24)16-33(20-5-3-2-4-6-20)29(35)28-26(30)25-22(31)12-13-23(32)27(25)37-28/h7-15,20,34H,2-6,16H2,1H3. The Labute approximate surface area is 223 Å². The number of thiophene rings is 1. The van der Waals surface area contributed by atoms with Gasteiger partial charge in [-0.25, -0.2) is 8.78 Å². The third kappa shape index (κ3) is 5.03. The molecular weight excluding hydrogens is 516 g/mol. The molecule has 1 saturated carbocycles. The summed E-state index contributed by atoms with van der Waals surface area (Å²) < 4.78 is 34.7. The zero-order valence-electron chi connectivity index (χ0n) is 20.3. The predicted octanol–water partition coefficient (Wildman–Crippen LogP) is 8.19. The van der Waals surface area contributed by atoms with Crippen LogP contribution in [0.5, 0.6) is 11.5 Å². The molecule has 0 radical (unpaired) electrons. The topological polar surface area (TPSA) is 49.8 Å². The van der Waals surface area contributed by atoms with Crippen LogP contribution in [-0.2, 0) is 6.54 Å². The molecule has 3 aromatic carbocycles. The molecule has 0 saturated heterocycles. The van der Waals surface area contributed by atoms with Crippen molar-refractivity contribution in [3.05, 3.63) is 81.7 Å². The minimum Gasteiger partial charge on any atom is -0.508 e. The first kappa shape index (κ1) is 25.5. The molecule has 1 heterocycles. The van der Waals surface area contributed by atoms with Crippen molar-refractivity contribution < 1.29 is 23.4 Å². The highest BCUT2D eigenvalue weighted by atomic mass is 35.5. The number of ether oxygens (including phenoxy) is 1. The first-order valence-electron chi connectivity index (χ1n) is 12.2. The Morgan fingerprint density at radius 3 is 2.38 bits per heavy atom. The zero-order valence-corrected chi connectivity index (χ0v) is 21.8. The number of carbonyl (C=O) groups excluding carboxylic acids is 1. The van der Waals surface area contributed by atoms with Crippen LogP contribution >= 0.6 is 22.9 Å². The zero-order chi connectivity index (χ0) is 26.1. The second kappa shape index (κ2) is 10.7. The summed E-state index contributed by atoms with van der Waals surface area (Å²) in [5.41, 5.74) is 2.63. The summed E-state index contributed by atoms with van der Waals surface area (Å²) in [6, 6.07) is 14.7. The Hall–Kier alpha value is -3.16. The minimum absolute atomic E-state index is 0.0285. The average Bonchev–Trinajstić information content (AvgIpc) is 3.28. The van der Waals surface area contributed by atoms with Gasteiger partial charge in [-0.05, 0) is 60.4 Å². The molecule has 4 nitrogen and oxygen atoms in total. The molecule has 37 heavy (non-hydrogen) atoms. The van der Waals surface area contributed by atoms with Gasteiger partial charge in [-0.15, -0.1) is 11.3 Å². The number of benzene rings is 3. The van der Waals surface area contributed by atoms with Crippen molar-refractivity contribution in [1.29, 1.82) is 0 Å². The number of hydrogen-bond donors (Lipinski definition) is 1. The number of carbonyl (C=O) groups is 1. The minimum atomic E-state index is -0.649. The third-order valence-electron chi connectivity index (χ3n) is 6.97. The maximum atomic E-state index is 14.5. The van der Waals surface area contributed by atoms with Gasteiger partial charge in [0, 0.05) is 18.2 Å². The number of phenols is 1. The largest absolute Gasteiger partial charge is 0.508 e. The Morgan fingerprint density at radius 2 is 1.70 bits per heavy atom. The lowest BCUT2D eigenvalue weighted by Gasteiger charge is -2.34. The van der Waals surface area contributed by atoms with E-state index in [-0.39, 0.29) is 44.2 Å². The number of methoxy groups -OCH3 is 1. The van der Waals surface area contributed by atoms with Gasteiger partial charge in [0.25, 0.3) is 5.91 Å². The van der Waals surface area contributed by atoms with Crippen LogP contribution in [-0.4, -0.2) is 29.1 Å². The Kier molecular flexibility index (Phi) is 7.36. The van der Waals surface area contributed by atoms with E-state index in [1.54, 1.807) is 24.1 Å². The SMILES string of the molecule is COc1ccc(-c2ccc(O)cc2)cc1CN(C(=O)c1sc2c(F)ccc(F)c2c1Cl)C1CCCCC1. The average molecular weight is 542 g/mol.